The summed E-state index contributed by atoms with van der Waals surface area (Å²) in [5.74, 6) is 0.937. The number of ether oxygens (including phenoxy) is 1. The normalized spacial score (nSPS) is 10.3. The first kappa shape index (κ1) is 12.6. The first-order chi connectivity index (χ1) is 8.79. The third-order valence-electron chi connectivity index (χ3n) is 2.74. The highest BCUT2D eigenvalue weighted by Crippen LogP contribution is 2.26. The minimum absolute atomic E-state index is 0.752. The molecule has 0 aliphatic heterocycles. The molecule has 0 unspecified atom stereocenters. The van der Waals surface area contributed by atoms with Crippen molar-refractivity contribution in [3.8, 4) is 5.75 Å². The van der Waals surface area contributed by atoms with Crippen LogP contribution in [0.1, 0.15) is 24.5 Å². The molecule has 0 aliphatic rings. The smallest absolute Gasteiger partial charge is 0.142 e. The number of hydrogen-bond donors (Lipinski definition) is 2. The number of aromatic nitrogens is 1. The summed E-state index contributed by atoms with van der Waals surface area (Å²) in [5, 5.41) is 3.41. The van der Waals surface area contributed by atoms with E-state index >= 15 is 0 Å². The van der Waals surface area contributed by atoms with Crippen molar-refractivity contribution in [1.29, 1.82) is 0 Å². The van der Waals surface area contributed by atoms with Crippen LogP contribution in [-0.4, -0.2) is 11.6 Å². The van der Waals surface area contributed by atoms with Crippen molar-refractivity contribution < 1.29 is 4.74 Å². The van der Waals surface area contributed by atoms with Gasteiger partial charge in [0.05, 0.1) is 12.3 Å². The summed E-state index contributed by atoms with van der Waals surface area (Å²) in [4.78, 5) is 3.05. The van der Waals surface area contributed by atoms with Gasteiger partial charge in [0.25, 0.3) is 0 Å². The maximum atomic E-state index is 5.77. The SMILES string of the molecule is CCCOc1cc(C)ccc1NCc1cc[nH]c1. The van der Waals surface area contributed by atoms with Crippen LogP contribution in [0.3, 0.4) is 0 Å². The molecule has 0 amide bonds. The van der Waals surface area contributed by atoms with Crippen molar-refractivity contribution in [3.63, 3.8) is 0 Å². The van der Waals surface area contributed by atoms with Crippen LogP contribution in [0, 0.1) is 6.92 Å². The standard InChI is InChI=1S/C15H20N2O/c1-3-8-18-15-9-12(2)4-5-14(15)17-11-13-6-7-16-10-13/h4-7,9-10,16-17H,3,8,11H2,1-2H3. The number of rotatable bonds is 6. The quantitative estimate of drug-likeness (QED) is 0.812. The van der Waals surface area contributed by atoms with Gasteiger partial charge in [-0.15, -0.1) is 0 Å². The summed E-state index contributed by atoms with van der Waals surface area (Å²) >= 11 is 0. The predicted molar refractivity (Wildman–Crippen MR) is 75.1 cm³/mol. The molecular weight excluding hydrogens is 224 g/mol. The molecule has 3 nitrogen and oxygen atoms in total. The molecule has 96 valence electrons. The van der Waals surface area contributed by atoms with Crippen LogP contribution in [-0.2, 0) is 6.54 Å². The Balaban J connectivity index is 2.05. The van der Waals surface area contributed by atoms with Crippen LogP contribution >= 0.6 is 0 Å². The fraction of sp³-hybridized carbons (Fsp3) is 0.333. The third kappa shape index (κ3) is 3.29. The van der Waals surface area contributed by atoms with Gasteiger partial charge in [-0.3, -0.25) is 0 Å². The van der Waals surface area contributed by atoms with E-state index < -0.39 is 0 Å². The molecule has 0 spiro atoms. The number of benzene rings is 1. The maximum Gasteiger partial charge on any atom is 0.142 e. The van der Waals surface area contributed by atoms with E-state index in [0.29, 0.717) is 0 Å². The van der Waals surface area contributed by atoms with Crippen LogP contribution in [0.4, 0.5) is 5.69 Å². The lowest BCUT2D eigenvalue weighted by Gasteiger charge is -2.13. The first-order valence-corrected chi connectivity index (χ1v) is 6.38. The van der Waals surface area contributed by atoms with Gasteiger partial charge in [0.1, 0.15) is 5.75 Å². The maximum absolute atomic E-state index is 5.77. The molecule has 0 aliphatic carbocycles. The predicted octanol–water partition coefficient (Wildman–Crippen LogP) is 3.72. The lowest BCUT2D eigenvalue weighted by Crippen LogP contribution is -2.03. The Morgan fingerprint density at radius 1 is 1.28 bits per heavy atom. The molecule has 1 aromatic heterocycles. The van der Waals surface area contributed by atoms with E-state index in [-0.39, 0.29) is 0 Å². The number of nitrogens with one attached hydrogen (secondary N) is 2. The molecule has 2 N–H and O–H groups in total. The number of hydrogen-bond acceptors (Lipinski definition) is 2. The van der Waals surface area contributed by atoms with Gasteiger partial charge in [-0.25, -0.2) is 0 Å². The number of aromatic amines is 1. The van der Waals surface area contributed by atoms with Gasteiger partial charge in [0, 0.05) is 18.9 Å². The van der Waals surface area contributed by atoms with Gasteiger partial charge in [0.15, 0.2) is 0 Å². The Morgan fingerprint density at radius 2 is 2.17 bits per heavy atom. The van der Waals surface area contributed by atoms with Gasteiger partial charge >= 0.3 is 0 Å². The Morgan fingerprint density at radius 3 is 2.89 bits per heavy atom. The Kier molecular flexibility index (Phi) is 4.29. The zero-order valence-electron chi connectivity index (χ0n) is 11.0. The van der Waals surface area contributed by atoms with Crippen LogP contribution in [0.5, 0.6) is 5.75 Å². The Labute approximate surface area is 108 Å². The lowest BCUT2D eigenvalue weighted by atomic mass is 10.2. The molecule has 2 rings (SSSR count). The average Bonchev–Trinajstić information content (AvgIpc) is 2.88. The van der Waals surface area contributed by atoms with E-state index in [4.69, 9.17) is 4.74 Å². The molecular formula is C15H20N2O. The summed E-state index contributed by atoms with van der Waals surface area (Å²) in [6.07, 6.45) is 4.94. The summed E-state index contributed by atoms with van der Waals surface area (Å²) in [5.41, 5.74) is 3.50. The zero-order chi connectivity index (χ0) is 12.8. The molecule has 1 heterocycles. The van der Waals surface area contributed by atoms with Crippen molar-refractivity contribution in [3.05, 3.63) is 47.8 Å². The highest BCUT2D eigenvalue weighted by molar-refractivity contribution is 5.57. The van der Waals surface area contributed by atoms with Gasteiger partial charge < -0.3 is 15.0 Å². The van der Waals surface area contributed by atoms with Crippen LogP contribution in [0.15, 0.2) is 36.7 Å². The Bertz CT molecular complexity index is 477. The summed E-state index contributed by atoms with van der Waals surface area (Å²) in [7, 11) is 0. The first-order valence-electron chi connectivity index (χ1n) is 6.38. The van der Waals surface area contributed by atoms with Crippen molar-refractivity contribution in [2.45, 2.75) is 26.8 Å². The molecule has 1 aromatic carbocycles. The molecule has 0 fully saturated rings. The van der Waals surface area contributed by atoms with Crippen LogP contribution in [0.25, 0.3) is 0 Å². The minimum atomic E-state index is 0.752. The fourth-order valence-electron chi connectivity index (χ4n) is 1.77. The van der Waals surface area contributed by atoms with E-state index in [1.54, 1.807) is 0 Å². The molecule has 0 atom stereocenters. The lowest BCUT2D eigenvalue weighted by molar-refractivity contribution is 0.318. The van der Waals surface area contributed by atoms with Crippen LogP contribution in [0.2, 0.25) is 0 Å². The van der Waals surface area contributed by atoms with Crippen molar-refractivity contribution in [1.82, 2.24) is 4.98 Å². The molecule has 0 bridgehead atoms. The van der Waals surface area contributed by atoms with E-state index in [1.165, 1.54) is 11.1 Å². The summed E-state index contributed by atoms with van der Waals surface area (Å²) < 4.78 is 5.77. The zero-order valence-corrected chi connectivity index (χ0v) is 11.0. The van der Waals surface area contributed by atoms with E-state index in [2.05, 4.69) is 48.4 Å². The van der Waals surface area contributed by atoms with Crippen LogP contribution < -0.4 is 10.1 Å². The van der Waals surface area contributed by atoms with Crippen molar-refractivity contribution >= 4 is 5.69 Å². The third-order valence-corrected chi connectivity index (χ3v) is 2.74. The average molecular weight is 244 g/mol. The van der Waals surface area contributed by atoms with Gasteiger partial charge in [-0.1, -0.05) is 13.0 Å². The molecule has 3 heteroatoms. The van der Waals surface area contributed by atoms with Gasteiger partial charge in [-0.2, -0.15) is 0 Å². The molecule has 18 heavy (non-hydrogen) atoms. The molecule has 0 saturated carbocycles. The molecule has 0 saturated heterocycles. The topological polar surface area (TPSA) is 37.0 Å². The van der Waals surface area contributed by atoms with E-state index in [9.17, 15) is 0 Å². The number of anilines is 1. The second-order valence-corrected chi connectivity index (χ2v) is 4.42. The monoisotopic (exact) mass is 244 g/mol. The van der Waals surface area contributed by atoms with E-state index in [1.807, 2.05) is 12.4 Å². The molecule has 0 radical (unpaired) electrons. The Hall–Kier alpha value is -1.90. The minimum Gasteiger partial charge on any atom is -0.491 e. The summed E-state index contributed by atoms with van der Waals surface area (Å²) in [6, 6.07) is 8.31. The largest absolute Gasteiger partial charge is 0.491 e. The van der Waals surface area contributed by atoms with Gasteiger partial charge in [0.2, 0.25) is 0 Å². The highest BCUT2D eigenvalue weighted by atomic mass is 16.5. The fourth-order valence-corrected chi connectivity index (χ4v) is 1.77. The van der Waals surface area contributed by atoms with Crippen molar-refractivity contribution in [2.75, 3.05) is 11.9 Å². The highest BCUT2D eigenvalue weighted by Gasteiger charge is 2.04. The number of aryl methyl sites for hydroxylation is 1. The summed E-state index contributed by atoms with van der Waals surface area (Å²) in [6.45, 7) is 5.74. The number of H-pyrrole nitrogens is 1. The van der Waals surface area contributed by atoms with E-state index in [0.717, 1.165) is 31.0 Å². The second kappa shape index (κ2) is 6.15. The van der Waals surface area contributed by atoms with Gasteiger partial charge in [-0.05, 0) is 42.7 Å². The molecule has 2 aromatic rings. The van der Waals surface area contributed by atoms with Crippen molar-refractivity contribution in [2.24, 2.45) is 0 Å². The second-order valence-electron chi connectivity index (χ2n) is 4.42.